The van der Waals surface area contributed by atoms with Gasteiger partial charge in [-0.25, -0.2) is 0 Å². The molecule has 0 spiro atoms. The normalized spacial score (nSPS) is 13.1. The number of anilines is 1. The van der Waals surface area contributed by atoms with Crippen LogP contribution in [0.5, 0.6) is 0 Å². The lowest BCUT2D eigenvalue weighted by Gasteiger charge is -2.18. The molecule has 1 heterocycles. The third-order valence-corrected chi connectivity index (χ3v) is 5.04. The zero-order valence-corrected chi connectivity index (χ0v) is 18.4. The average Bonchev–Trinajstić information content (AvgIpc) is 3.13. The molecule has 0 atom stereocenters. The second-order valence-electron chi connectivity index (χ2n) is 7.26. The maximum absolute atomic E-state index is 13.0. The second kappa shape index (κ2) is 9.73. The van der Waals surface area contributed by atoms with Gasteiger partial charge in [0.2, 0.25) is 5.91 Å². The van der Waals surface area contributed by atoms with Crippen molar-refractivity contribution in [2.45, 2.75) is 13.5 Å². The van der Waals surface area contributed by atoms with Crippen LogP contribution in [0.1, 0.15) is 22.8 Å². The number of rotatable bonds is 7. The molecule has 3 amide bonds. The summed E-state index contributed by atoms with van der Waals surface area (Å²) in [4.78, 5) is 42.1. The SMILES string of the molecule is C=C(NC(=O)C(=C)N1Cc2c(cccc2-c2ccc(NC(C)=O)cc2)C1=O)/C(C=NC)=N/N. The predicted octanol–water partition coefficient (Wildman–Crippen LogP) is 2.43. The number of aliphatic imine (C=N–C) groups is 1. The minimum atomic E-state index is -0.604. The number of allylic oxidation sites excluding steroid dienone is 1. The van der Waals surface area contributed by atoms with E-state index in [0.29, 0.717) is 11.3 Å². The predicted molar refractivity (Wildman–Crippen MR) is 129 cm³/mol. The quantitative estimate of drug-likeness (QED) is 0.262. The summed E-state index contributed by atoms with van der Waals surface area (Å²) in [6.45, 7) is 9.16. The molecule has 0 radical (unpaired) electrons. The smallest absolute Gasteiger partial charge is 0.271 e. The van der Waals surface area contributed by atoms with Crippen LogP contribution in [-0.2, 0) is 16.1 Å². The summed E-state index contributed by atoms with van der Waals surface area (Å²) < 4.78 is 0. The van der Waals surface area contributed by atoms with Gasteiger partial charge in [-0.05, 0) is 34.9 Å². The fraction of sp³-hybridized carbons (Fsp3) is 0.125. The van der Waals surface area contributed by atoms with E-state index in [1.807, 2.05) is 18.2 Å². The molecular formula is C24H24N6O3. The number of hydrogen-bond acceptors (Lipinski definition) is 6. The molecule has 3 rings (SSSR count). The molecule has 9 nitrogen and oxygen atoms in total. The Kier molecular flexibility index (Phi) is 6.82. The van der Waals surface area contributed by atoms with Crippen LogP contribution < -0.4 is 16.5 Å². The van der Waals surface area contributed by atoms with E-state index in [-0.39, 0.29) is 35.5 Å². The van der Waals surface area contributed by atoms with Crippen molar-refractivity contribution in [3.8, 4) is 11.1 Å². The average molecular weight is 444 g/mol. The molecule has 0 saturated carbocycles. The van der Waals surface area contributed by atoms with Crippen molar-refractivity contribution in [1.82, 2.24) is 10.2 Å². The molecule has 0 bridgehead atoms. The van der Waals surface area contributed by atoms with E-state index in [0.717, 1.165) is 16.7 Å². The van der Waals surface area contributed by atoms with E-state index in [1.54, 1.807) is 24.3 Å². The van der Waals surface area contributed by atoms with Crippen LogP contribution in [0.25, 0.3) is 11.1 Å². The van der Waals surface area contributed by atoms with Crippen LogP contribution in [0.4, 0.5) is 5.69 Å². The molecule has 0 aliphatic carbocycles. The molecular weight excluding hydrogens is 420 g/mol. The number of nitrogens with one attached hydrogen (secondary N) is 2. The fourth-order valence-electron chi connectivity index (χ4n) is 3.46. The topological polar surface area (TPSA) is 129 Å². The van der Waals surface area contributed by atoms with E-state index in [2.05, 4.69) is 33.9 Å². The molecule has 1 aliphatic rings. The highest BCUT2D eigenvalue weighted by atomic mass is 16.2. The summed E-state index contributed by atoms with van der Waals surface area (Å²) in [6.07, 6.45) is 1.35. The van der Waals surface area contributed by atoms with Crippen molar-refractivity contribution < 1.29 is 14.4 Å². The number of benzene rings is 2. The van der Waals surface area contributed by atoms with Crippen LogP contribution in [0.15, 0.2) is 77.1 Å². The molecule has 0 fully saturated rings. The van der Waals surface area contributed by atoms with Gasteiger partial charge in [-0.2, -0.15) is 5.10 Å². The lowest BCUT2D eigenvalue weighted by molar-refractivity contribution is -0.118. The Hall–Kier alpha value is -4.53. The van der Waals surface area contributed by atoms with Gasteiger partial charge in [0.15, 0.2) is 0 Å². The van der Waals surface area contributed by atoms with Crippen LogP contribution >= 0.6 is 0 Å². The Bertz CT molecular complexity index is 1210. The zero-order chi connectivity index (χ0) is 24.1. The maximum Gasteiger partial charge on any atom is 0.271 e. The summed E-state index contributed by atoms with van der Waals surface area (Å²) >= 11 is 0. The van der Waals surface area contributed by atoms with E-state index in [4.69, 9.17) is 5.84 Å². The molecule has 33 heavy (non-hydrogen) atoms. The van der Waals surface area contributed by atoms with Gasteiger partial charge >= 0.3 is 0 Å². The first-order chi connectivity index (χ1) is 15.8. The minimum absolute atomic E-state index is 0.0332. The number of carbonyl (C=O) groups excluding carboxylic acids is 3. The van der Waals surface area contributed by atoms with Crippen molar-refractivity contribution in [1.29, 1.82) is 0 Å². The summed E-state index contributed by atoms with van der Waals surface area (Å²) in [6, 6.07) is 12.7. The summed E-state index contributed by atoms with van der Waals surface area (Å²) in [5.74, 6) is 4.21. The first-order valence-corrected chi connectivity index (χ1v) is 9.98. The van der Waals surface area contributed by atoms with E-state index in [9.17, 15) is 14.4 Å². The highest BCUT2D eigenvalue weighted by Gasteiger charge is 2.33. The van der Waals surface area contributed by atoms with E-state index in [1.165, 1.54) is 25.1 Å². The van der Waals surface area contributed by atoms with Gasteiger partial charge in [0.25, 0.3) is 11.8 Å². The van der Waals surface area contributed by atoms with Crippen LogP contribution in [0.2, 0.25) is 0 Å². The molecule has 2 aromatic carbocycles. The third kappa shape index (κ3) is 4.87. The van der Waals surface area contributed by atoms with Gasteiger partial charge in [0.1, 0.15) is 11.4 Å². The van der Waals surface area contributed by atoms with Crippen LogP contribution in [-0.4, -0.2) is 41.6 Å². The molecule has 0 saturated heterocycles. The standard InChI is InChI=1S/C24H24N6O3/c1-14(22(29-25)12-26-4)27-23(32)15(2)30-13-21-19(6-5-7-20(21)24(30)33)17-8-10-18(11-9-17)28-16(3)31/h5-12H,1-2,13,25H2,3-4H3,(H,27,32)(H,28,31)/b26-12?,29-22+. The van der Waals surface area contributed by atoms with Crippen LogP contribution in [0.3, 0.4) is 0 Å². The van der Waals surface area contributed by atoms with Crippen molar-refractivity contribution >= 4 is 35.3 Å². The number of nitrogens with two attached hydrogens (primary N) is 1. The lowest BCUT2D eigenvalue weighted by atomic mass is 9.97. The van der Waals surface area contributed by atoms with Gasteiger partial charge in [0.05, 0.1) is 18.5 Å². The Morgan fingerprint density at radius 3 is 2.39 bits per heavy atom. The molecule has 0 unspecified atom stereocenters. The van der Waals surface area contributed by atoms with Crippen molar-refractivity contribution in [2.24, 2.45) is 15.9 Å². The van der Waals surface area contributed by atoms with Crippen molar-refractivity contribution in [2.75, 3.05) is 12.4 Å². The molecule has 0 aromatic heterocycles. The van der Waals surface area contributed by atoms with E-state index >= 15 is 0 Å². The number of hydrogen-bond donors (Lipinski definition) is 3. The number of amides is 3. The summed E-state index contributed by atoms with van der Waals surface area (Å²) in [5.41, 5.74) is 3.98. The Labute approximate surface area is 191 Å². The maximum atomic E-state index is 13.0. The highest BCUT2D eigenvalue weighted by molar-refractivity contribution is 6.38. The van der Waals surface area contributed by atoms with Gasteiger partial charge in [-0.1, -0.05) is 37.4 Å². The number of carbonyl (C=O) groups is 3. The number of hydrazone groups is 1. The Balaban J connectivity index is 1.82. The van der Waals surface area contributed by atoms with E-state index < -0.39 is 5.91 Å². The minimum Gasteiger partial charge on any atom is -0.326 e. The summed E-state index contributed by atoms with van der Waals surface area (Å²) in [5, 5.41) is 8.79. The lowest BCUT2D eigenvalue weighted by Crippen LogP contribution is -2.36. The summed E-state index contributed by atoms with van der Waals surface area (Å²) in [7, 11) is 1.53. The van der Waals surface area contributed by atoms with Gasteiger partial charge in [-0.15, -0.1) is 0 Å². The first-order valence-electron chi connectivity index (χ1n) is 9.98. The molecule has 1 aliphatic heterocycles. The number of fused-ring (bicyclic) bond motifs is 1. The third-order valence-electron chi connectivity index (χ3n) is 5.04. The van der Waals surface area contributed by atoms with Crippen LogP contribution in [0, 0.1) is 0 Å². The second-order valence-corrected chi connectivity index (χ2v) is 7.26. The largest absolute Gasteiger partial charge is 0.326 e. The monoisotopic (exact) mass is 444 g/mol. The molecule has 2 aromatic rings. The number of nitrogens with zero attached hydrogens (tertiary/aromatic N) is 3. The molecule has 9 heteroatoms. The Morgan fingerprint density at radius 1 is 1.12 bits per heavy atom. The van der Waals surface area contributed by atoms with Crippen molar-refractivity contribution in [3.63, 3.8) is 0 Å². The zero-order valence-electron chi connectivity index (χ0n) is 18.4. The Morgan fingerprint density at radius 2 is 1.79 bits per heavy atom. The van der Waals surface area contributed by atoms with Crippen molar-refractivity contribution in [3.05, 3.63) is 78.1 Å². The van der Waals surface area contributed by atoms with Gasteiger partial charge in [0, 0.05) is 25.2 Å². The highest BCUT2D eigenvalue weighted by Crippen LogP contribution is 2.34. The first kappa shape index (κ1) is 23.1. The van der Waals surface area contributed by atoms with Gasteiger partial charge < -0.3 is 16.5 Å². The van der Waals surface area contributed by atoms with Gasteiger partial charge in [-0.3, -0.25) is 24.3 Å². The molecule has 168 valence electrons. The molecule has 4 N–H and O–H groups in total. The fourth-order valence-corrected chi connectivity index (χ4v) is 3.46.